The minimum Gasteiger partial charge on any atom is -0.478 e. The molecule has 104 valence electrons. The molecule has 1 saturated heterocycles. The maximum atomic E-state index is 11.8. The fourth-order valence-electron chi connectivity index (χ4n) is 2.27. The van der Waals surface area contributed by atoms with Gasteiger partial charge in [0.1, 0.15) is 0 Å². The van der Waals surface area contributed by atoms with Crippen LogP contribution in [0.5, 0.6) is 0 Å². The van der Waals surface area contributed by atoms with Crippen molar-refractivity contribution in [1.82, 2.24) is 10.6 Å². The highest BCUT2D eigenvalue weighted by Gasteiger charge is 2.27. The van der Waals surface area contributed by atoms with Crippen molar-refractivity contribution in [2.24, 2.45) is 0 Å². The van der Waals surface area contributed by atoms with Crippen LogP contribution in [0.3, 0.4) is 0 Å². The van der Waals surface area contributed by atoms with Crippen LogP contribution in [-0.2, 0) is 9.84 Å². The van der Waals surface area contributed by atoms with Crippen molar-refractivity contribution in [2.75, 3.05) is 25.9 Å². The lowest BCUT2D eigenvalue weighted by Crippen LogP contribution is -2.43. The third-order valence-corrected chi connectivity index (χ3v) is 4.24. The first-order valence-corrected chi connectivity index (χ1v) is 7.81. The number of aromatic carboxylic acids is 1. The average molecular weight is 284 g/mol. The highest BCUT2D eigenvalue weighted by Crippen LogP contribution is 2.27. The number of benzene rings is 1. The Morgan fingerprint density at radius 3 is 2.63 bits per heavy atom. The van der Waals surface area contributed by atoms with Gasteiger partial charge < -0.3 is 15.7 Å². The number of nitrogens with one attached hydrogen (secondary N) is 2. The van der Waals surface area contributed by atoms with E-state index in [0.717, 1.165) is 12.8 Å². The lowest BCUT2D eigenvalue weighted by molar-refractivity contribution is 0.0694. The standard InChI is InChI=1S/C12H16N2O4S/c1-19(17,18)10-4-2-3-8(12(15)16)11(10)9-7-13-5-6-14-9/h2-4,9,13-14H,5-7H2,1H3,(H,15,16). The number of rotatable bonds is 3. The molecular formula is C12H16N2O4S. The van der Waals surface area contributed by atoms with Crippen LogP contribution in [-0.4, -0.2) is 45.4 Å². The molecule has 0 saturated carbocycles. The van der Waals surface area contributed by atoms with Crippen LogP contribution in [0.1, 0.15) is 22.0 Å². The summed E-state index contributed by atoms with van der Waals surface area (Å²) >= 11 is 0. The number of sulfone groups is 1. The molecule has 0 spiro atoms. The summed E-state index contributed by atoms with van der Waals surface area (Å²) < 4.78 is 23.7. The minimum absolute atomic E-state index is 0.0316. The second-order valence-corrected chi connectivity index (χ2v) is 6.49. The van der Waals surface area contributed by atoms with Gasteiger partial charge in [0.05, 0.1) is 10.5 Å². The molecule has 19 heavy (non-hydrogen) atoms. The minimum atomic E-state index is -3.47. The van der Waals surface area contributed by atoms with E-state index in [2.05, 4.69) is 10.6 Å². The number of hydrogen-bond donors (Lipinski definition) is 3. The van der Waals surface area contributed by atoms with E-state index in [1.165, 1.54) is 18.2 Å². The van der Waals surface area contributed by atoms with E-state index in [-0.39, 0.29) is 16.5 Å². The van der Waals surface area contributed by atoms with Crippen LogP contribution < -0.4 is 10.6 Å². The predicted octanol–water partition coefficient (Wildman–Crippen LogP) is 0.0222. The van der Waals surface area contributed by atoms with Crippen molar-refractivity contribution in [3.63, 3.8) is 0 Å². The van der Waals surface area contributed by atoms with E-state index >= 15 is 0 Å². The van der Waals surface area contributed by atoms with E-state index in [4.69, 9.17) is 0 Å². The third kappa shape index (κ3) is 2.94. The van der Waals surface area contributed by atoms with E-state index in [0.29, 0.717) is 18.7 Å². The topological polar surface area (TPSA) is 95.5 Å². The van der Waals surface area contributed by atoms with E-state index in [9.17, 15) is 18.3 Å². The zero-order valence-electron chi connectivity index (χ0n) is 10.5. The molecule has 6 nitrogen and oxygen atoms in total. The predicted molar refractivity (Wildman–Crippen MR) is 70.1 cm³/mol. The van der Waals surface area contributed by atoms with Crippen LogP contribution in [0.2, 0.25) is 0 Å². The monoisotopic (exact) mass is 284 g/mol. The Hall–Kier alpha value is -1.44. The molecule has 3 N–H and O–H groups in total. The number of carboxylic acid groups (broad SMARTS) is 1. The van der Waals surface area contributed by atoms with Crippen LogP contribution in [0.25, 0.3) is 0 Å². The maximum Gasteiger partial charge on any atom is 0.336 e. The van der Waals surface area contributed by atoms with Crippen LogP contribution in [0.15, 0.2) is 23.1 Å². The Balaban J connectivity index is 2.62. The molecule has 1 atom stereocenters. The van der Waals surface area contributed by atoms with Crippen molar-refractivity contribution in [2.45, 2.75) is 10.9 Å². The average Bonchev–Trinajstić information content (AvgIpc) is 2.37. The van der Waals surface area contributed by atoms with Crippen LogP contribution in [0.4, 0.5) is 0 Å². The maximum absolute atomic E-state index is 11.8. The summed E-state index contributed by atoms with van der Waals surface area (Å²) in [6.07, 6.45) is 1.09. The Morgan fingerprint density at radius 1 is 1.37 bits per heavy atom. The van der Waals surface area contributed by atoms with Gasteiger partial charge in [-0.15, -0.1) is 0 Å². The molecule has 0 bridgehead atoms. The van der Waals surface area contributed by atoms with Gasteiger partial charge in [0.2, 0.25) is 0 Å². The molecule has 7 heteroatoms. The summed E-state index contributed by atoms with van der Waals surface area (Å²) in [6.45, 7) is 1.95. The molecule has 1 heterocycles. The summed E-state index contributed by atoms with van der Waals surface area (Å²) in [5, 5.41) is 15.5. The molecule has 2 rings (SSSR count). The molecule has 1 aromatic carbocycles. The molecule has 1 fully saturated rings. The number of carbonyl (C=O) groups is 1. The smallest absolute Gasteiger partial charge is 0.336 e. The first-order valence-electron chi connectivity index (χ1n) is 5.91. The zero-order valence-corrected chi connectivity index (χ0v) is 11.3. The van der Waals surface area contributed by atoms with Crippen LogP contribution in [0, 0.1) is 0 Å². The molecule has 1 aliphatic heterocycles. The lowest BCUT2D eigenvalue weighted by Gasteiger charge is -2.27. The lowest BCUT2D eigenvalue weighted by atomic mass is 9.99. The fraction of sp³-hybridized carbons (Fsp3) is 0.417. The third-order valence-electron chi connectivity index (χ3n) is 3.09. The van der Waals surface area contributed by atoms with Gasteiger partial charge in [-0.1, -0.05) is 6.07 Å². The molecule has 0 aliphatic carbocycles. The van der Waals surface area contributed by atoms with E-state index in [1.807, 2.05) is 0 Å². The number of piperazine rings is 1. The van der Waals surface area contributed by atoms with Gasteiger partial charge in [-0.05, 0) is 12.1 Å². The Labute approximate surface area is 111 Å². The summed E-state index contributed by atoms with van der Waals surface area (Å²) in [5.41, 5.74) is 0.369. The molecule has 1 aliphatic rings. The van der Waals surface area contributed by atoms with Crippen LogP contribution >= 0.6 is 0 Å². The van der Waals surface area contributed by atoms with Crippen molar-refractivity contribution >= 4 is 15.8 Å². The molecular weight excluding hydrogens is 268 g/mol. The molecule has 0 amide bonds. The number of hydrogen-bond acceptors (Lipinski definition) is 5. The molecule has 0 radical (unpaired) electrons. The highest BCUT2D eigenvalue weighted by atomic mass is 32.2. The van der Waals surface area contributed by atoms with Crippen molar-refractivity contribution in [3.8, 4) is 0 Å². The fourth-order valence-corrected chi connectivity index (χ4v) is 3.25. The first kappa shape index (κ1) is 14.0. The van der Waals surface area contributed by atoms with Crippen molar-refractivity contribution in [1.29, 1.82) is 0 Å². The summed E-state index contributed by atoms with van der Waals surface area (Å²) in [4.78, 5) is 11.4. The Morgan fingerprint density at radius 2 is 2.11 bits per heavy atom. The summed E-state index contributed by atoms with van der Waals surface area (Å²) in [6, 6.07) is 4.03. The second kappa shape index (κ2) is 5.28. The zero-order chi connectivity index (χ0) is 14.0. The van der Waals surface area contributed by atoms with E-state index < -0.39 is 15.8 Å². The quantitative estimate of drug-likeness (QED) is 0.724. The molecule has 1 unspecified atom stereocenters. The SMILES string of the molecule is CS(=O)(=O)c1cccc(C(=O)O)c1C1CNCCN1. The van der Waals surface area contributed by atoms with Gasteiger partial charge >= 0.3 is 5.97 Å². The van der Waals surface area contributed by atoms with Gasteiger partial charge in [-0.3, -0.25) is 0 Å². The normalized spacial score (nSPS) is 20.2. The second-order valence-electron chi connectivity index (χ2n) is 4.51. The van der Waals surface area contributed by atoms with E-state index in [1.54, 1.807) is 0 Å². The summed E-state index contributed by atoms with van der Waals surface area (Å²) in [7, 11) is -3.47. The largest absolute Gasteiger partial charge is 0.478 e. The van der Waals surface area contributed by atoms with Gasteiger partial charge in [-0.25, -0.2) is 13.2 Å². The first-order chi connectivity index (χ1) is 8.91. The van der Waals surface area contributed by atoms with Gasteiger partial charge in [0.25, 0.3) is 0 Å². The van der Waals surface area contributed by atoms with Gasteiger partial charge in [0, 0.05) is 37.5 Å². The van der Waals surface area contributed by atoms with Gasteiger partial charge in [-0.2, -0.15) is 0 Å². The molecule has 0 aromatic heterocycles. The summed E-state index contributed by atoms with van der Waals surface area (Å²) in [5.74, 6) is -1.12. The highest BCUT2D eigenvalue weighted by molar-refractivity contribution is 7.90. The van der Waals surface area contributed by atoms with Crippen molar-refractivity contribution < 1.29 is 18.3 Å². The number of carboxylic acids is 1. The Kier molecular flexibility index (Phi) is 3.88. The van der Waals surface area contributed by atoms with Gasteiger partial charge in [0.15, 0.2) is 9.84 Å². The Bertz CT molecular complexity index is 592. The molecule has 1 aromatic rings. The van der Waals surface area contributed by atoms with Crippen molar-refractivity contribution in [3.05, 3.63) is 29.3 Å².